The number of aromatic amines is 1. The van der Waals surface area contributed by atoms with Gasteiger partial charge in [0.15, 0.2) is 18.0 Å². The maximum absolute atomic E-state index is 16.1. The molecule has 4 rings (SSSR count). The molecular weight excluding hydrogens is 647 g/mol. The van der Waals surface area contributed by atoms with Crippen LogP contribution in [0.25, 0.3) is 10.8 Å². The molecule has 1 fully saturated rings. The Morgan fingerprint density at radius 1 is 1.21 bits per heavy atom. The minimum absolute atomic E-state index is 0.0209. The van der Waals surface area contributed by atoms with Crippen molar-refractivity contribution in [1.82, 2.24) is 14.6 Å². The number of H-pyrrole nitrogens is 1. The van der Waals surface area contributed by atoms with Gasteiger partial charge in [0.05, 0.1) is 10.6 Å². The van der Waals surface area contributed by atoms with E-state index in [1.807, 2.05) is 17.1 Å². The standard InChI is InChI=1S/C26H29BrF2N3O9P/c1-14(2)39-21(34)15(3)31-42(37,41-18-10-9-16-7-5-6-8-17(16)11-18)38-13-26(29)22(35)25(4,28)23(40-26)32-12-19(27)20(33)30-24(32)36/h5-12,14-15,22-23,35H,13H2,1-4H3,(H,31,37)(H,30,33,36)/t15-,22-,23+,25+,26+,42?/m0/s1. The van der Waals surface area contributed by atoms with Crippen LogP contribution >= 0.6 is 23.7 Å². The summed E-state index contributed by atoms with van der Waals surface area (Å²) in [4.78, 5) is 38.4. The second kappa shape index (κ2) is 12.0. The van der Waals surface area contributed by atoms with Gasteiger partial charge in [-0.25, -0.2) is 18.1 Å². The predicted octanol–water partition coefficient (Wildman–Crippen LogP) is 3.87. The van der Waals surface area contributed by atoms with Crippen LogP contribution in [0, 0.1) is 0 Å². The number of nitrogens with one attached hydrogen (secondary N) is 2. The van der Waals surface area contributed by atoms with Crippen molar-refractivity contribution in [2.24, 2.45) is 0 Å². The first-order valence-electron chi connectivity index (χ1n) is 12.7. The number of hydrogen-bond acceptors (Lipinski definition) is 9. The summed E-state index contributed by atoms with van der Waals surface area (Å²) in [6.45, 7) is 3.94. The Bertz CT molecular complexity index is 1650. The zero-order chi connectivity index (χ0) is 31.0. The Kier molecular flexibility index (Phi) is 9.12. The molecule has 3 N–H and O–H groups in total. The summed E-state index contributed by atoms with van der Waals surface area (Å²) in [6, 6.07) is 10.6. The van der Waals surface area contributed by atoms with Gasteiger partial charge in [-0.2, -0.15) is 5.09 Å². The van der Waals surface area contributed by atoms with Gasteiger partial charge in [0.25, 0.3) is 11.4 Å². The molecule has 2 aromatic carbocycles. The Labute approximate surface area is 246 Å². The van der Waals surface area contributed by atoms with Crippen molar-refractivity contribution in [3.63, 3.8) is 0 Å². The summed E-state index contributed by atoms with van der Waals surface area (Å²) in [5, 5.41) is 14.5. The lowest BCUT2D eigenvalue weighted by atomic mass is 9.97. The third kappa shape index (κ3) is 6.66. The maximum atomic E-state index is 16.1. The maximum Gasteiger partial charge on any atom is 0.459 e. The highest BCUT2D eigenvalue weighted by molar-refractivity contribution is 9.10. The molecule has 1 aromatic heterocycles. The van der Waals surface area contributed by atoms with E-state index >= 15 is 8.78 Å². The van der Waals surface area contributed by atoms with Crippen LogP contribution in [0.1, 0.15) is 33.9 Å². The molecule has 3 aromatic rings. The van der Waals surface area contributed by atoms with Crippen LogP contribution in [0.2, 0.25) is 0 Å². The van der Waals surface area contributed by atoms with Gasteiger partial charge in [-0.3, -0.25) is 23.7 Å². The van der Waals surface area contributed by atoms with Crippen molar-refractivity contribution in [3.05, 3.63) is 74.0 Å². The molecule has 2 heterocycles. The fourth-order valence-corrected chi connectivity index (χ4v) is 6.07. The normalized spacial score (nSPS) is 26.2. The lowest BCUT2D eigenvalue weighted by molar-refractivity contribution is -0.204. The highest BCUT2D eigenvalue weighted by atomic mass is 79.9. The zero-order valence-electron chi connectivity index (χ0n) is 22.9. The molecule has 0 aliphatic carbocycles. The first kappa shape index (κ1) is 32.0. The molecule has 1 aliphatic heterocycles. The van der Waals surface area contributed by atoms with E-state index in [1.165, 1.54) is 19.1 Å². The molecule has 0 saturated carbocycles. The first-order chi connectivity index (χ1) is 19.5. The SMILES string of the molecule is CC(C)OC(=O)[C@H](C)NP(=O)(OC[C@@]1(F)O[C@@H](n2cc(Br)c(=O)[nH]c2=O)[C@](C)(F)[C@@H]1O)Oc1ccc2ccccc2c1. The van der Waals surface area contributed by atoms with Crippen molar-refractivity contribution >= 4 is 40.4 Å². The van der Waals surface area contributed by atoms with E-state index in [4.69, 9.17) is 18.5 Å². The zero-order valence-corrected chi connectivity index (χ0v) is 25.4. The number of carbonyl (C=O) groups is 1. The topological polar surface area (TPSA) is 158 Å². The minimum atomic E-state index is -4.68. The number of nitrogens with zero attached hydrogens (tertiary/aromatic N) is 1. The number of aliphatic hydroxyl groups is 1. The molecule has 1 saturated heterocycles. The fourth-order valence-electron chi connectivity index (χ4n) is 4.25. The van der Waals surface area contributed by atoms with Crippen LogP contribution < -0.4 is 20.9 Å². The fraction of sp³-hybridized carbons (Fsp3) is 0.423. The van der Waals surface area contributed by atoms with Crippen molar-refractivity contribution < 1.29 is 41.8 Å². The van der Waals surface area contributed by atoms with E-state index in [0.717, 1.165) is 18.5 Å². The second-order valence-corrected chi connectivity index (χ2v) is 12.7. The Hall–Kier alpha value is -2.94. The van der Waals surface area contributed by atoms with Crippen molar-refractivity contribution in [3.8, 4) is 5.75 Å². The number of aromatic nitrogens is 2. The molecule has 0 radical (unpaired) electrons. The lowest BCUT2D eigenvalue weighted by Gasteiger charge is -2.28. The third-order valence-electron chi connectivity index (χ3n) is 6.35. The van der Waals surface area contributed by atoms with Crippen LogP contribution in [0.5, 0.6) is 5.75 Å². The summed E-state index contributed by atoms with van der Waals surface area (Å²) in [7, 11) is -4.68. The molecule has 16 heteroatoms. The van der Waals surface area contributed by atoms with Crippen LogP contribution in [-0.2, 0) is 23.4 Å². The van der Waals surface area contributed by atoms with Gasteiger partial charge in [-0.1, -0.05) is 30.3 Å². The average Bonchev–Trinajstić information content (AvgIpc) is 3.09. The van der Waals surface area contributed by atoms with Gasteiger partial charge < -0.3 is 19.1 Å². The summed E-state index contributed by atoms with van der Waals surface area (Å²) in [5.41, 5.74) is -4.91. The molecule has 42 heavy (non-hydrogen) atoms. The van der Waals surface area contributed by atoms with Gasteiger partial charge in [0, 0.05) is 6.20 Å². The van der Waals surface area contributed by atoms with E-state index in [-0.39, 0.29) is 10.2 Å². The Balaban J connectivity index is 1.63. The van der Waals surface area contributed by atoms with Crippen LogP contribution in [0.15, 0.2) is 62.7 Å². The monoisotopic (exact) mass is 675 g/mol. The van der Waals surface area contributed by atoms with Crippen LogP contribution in [0.3, 0.4) is 0 Å². The van der Waals surface area contributed by atoms with E-state index in [0.29, 0.717) is 9.95 Å². The highest BCUT2D eigenvalue weighted by Crippen LogP contribution is 2.51. The Morgan fingerprint density at radius 3 is 2.55 bits per heavy atom. The average molecular weight is 676 g/mol. The number of hydrogen-bond donors (Lipinski definition) is 3. The van der Waals surface area contributed by atoms with Gasteiger partial charge in [0.1, 0.15) is 18.4 Å². The van der Waals surface area contributed by atoms with Crippen molar-refractivity contribution in [2.45, 2.75) is 63.7 Å². The smallest absolute Gasteiger partial charge is 0.459 e. The van der Waals surface area contributed by atoms with Crippen molar-refractivity contribution in [1.29, 1.82) is 0 Å². The summed E-state index contributed by atoms with van der Waals surface area (Å²) in [5.74, 6) is -4.17. The number of carbonyl (C=O) groups excluding carboxylic acids is 1. The second-order valence-electron chi connectivity index (χ2n) is 10.2. The third-order valence-corrected chi connectivity index (χ3v) is 8.53. The number of halogens is 3. The molecule has 6 atom stereocenters. The summed E-state index contributed by atoms with van der Waals surface area (Å²) >= 11 is 2.90. The number of aliphatic hydroxyl groups excluding tert-OH is 1. The van der Waals surface area contributed by atoms with Gasteiger partial charge in [-0.15, -0.1) is 0 Å². The summed E-state index contributed by atoms with van der Waals surface area (Å²) < 4.78 is 67.2. The number of ether oxygens (including phenoxy) is 2. The minimum Gasteiger partial charge on any atom is -0.462 e. The number of rotatable bonds is 10. The van der Waals surface area contributed by atoms with Crippen LogP contribution in [-0.4, -0.2) is 57.0 Å². The molecule has 0 bridgehead atoms. The molecule has 0 spiro atoms. The van der Waals surface area contributed by atoms with Crippen LogP contribution in [0.4, 0.5) is 8.78 Å². The lowest BCUT2D eigenvalue weighted by Crippen LogP contribution is -2.48. The largest absolute Gasteiger partial charge is 0.462 e. The van der Waals surface area contributed by atoms with E-state index in [2.05, 4.69) is 21.0 Å². The number of alkyl halides is 2. The first-order valence-corrected chi connectivity index (χ1v) is 15.0. The highest BCUT2D eigenvalue weighted by Gasteiger charge is 2.65. The van der Waals surface area contributed by atoms with Crippen molar-refractivity contribution in [2.75, 3.05) is 6.61 Å². The molecule has 228 valence electrons. The predicted molar refractivity (Wildman–Crippen MR) is 150 cm³/mol. The molecule has 12 nitrogen and oxygen atoms in total. The van der Waals surface area contributed by atoms with Gasteiger partial charge in [0.2, 0.25) is 0 Å². The molecule has 1 unspecified atom stereocenters. The van der Waals surface area contributed by atoms with E-state index < -0.39 is 67.6 Å². The summed E-state index contributed by atoms with van der Waals surface area (Å²) in [6.07, 6.45) is -4.27. The number of benzene rings is 2. The van der Waals surface area contributed by atoms with E-state index in [9.17, 15) is 24.1 Å². The quantitative estimate of drug-likeness (QED) is 0.213. The van der Waals surface area contributed by atoms with Gasteiger partial charge >= 0.3 is 19.4 Å². The molecule has 0 amide bonds. The molecular formula is C26H29BrF2N3O9P. The number of esters is 1. The van der Waals surface area contributed by atoms with Gasteiger partial charge in [-0.05, 0) is 66.5 Å². The number of fused-ring (bicyclic) bond motifs is 1. The van der Waals surface area contributed by atoms with E-state index in [1.54, 1.807) is 32.0 Å². The Morgan fingerprint density at radius 2 is 1.88 bits per heavy atom. The molecule has 1 aliphatic rings.